The van der Waals surface area contributed by atoms with Crippen molar-refractivity contribution in [1.82, 2.24) is 0 Å². The summed E-state index contributed by atoms with van der Waals surface area (Å²) in [6, 6.07) is 5.68. The third-order valence-electron chi connectivity index (χ3n) is 4.52. The van der Waals surface area contributed by atoms with E-state index in [1.807, 2.05) is 0 Å². The average molecular weight is 336 g/mol. The first-order chi connectivity index (χ1) is 11.5. The van der Waals surface area contributed by atoms with Gasteiger partial charge in [-0.1, -0.05) is 24.3 Å². The summed E-state index contributed by atoms with van der Waals surface area (Å²) in [6.45, 7) is 2.17. The number of halogens is 3. The van der Waals surface area contributed by atoms with Crippen molar-refractivity contribution < 1.29 is 23.0 Å². The van der Waals surface area contributed by atoms with E-state index in [2.05, 4.69) is 0 Å². The lowest BCUT2D eigenvalue weighted by molar-refractivity contribution is 0.104. The van der Waals surface area contributed by atoms with Crippen LogP contribution in [0.5, 0.6) is 5.75 Å². The molecule has 5 heteroatoms. The number of benzene rings is 2. The Bertz CT molecular complexity index is 753. The van der Waals surface area contributed by atoms with E-state index in [0.717, 1.165) is 19.4 Å². The summed E-state index contributed by atoms with van der Waals surface area (Å²) in [5.41, 5.74) is 0.300. The van der Waals surface area contributed by atoms with Crippen molar-refractivity contribution >= 4 is 0 Å². The second kappa shape index (κ2) is 6.85. The Kier molecular flexibility index (Phi) is 4.81. The maximum absolute atomic E-state index is 14.4. The topological polar surface area (TPSA) is 29.5 Å². The van der Waals surface area contributed by atoms with Crippen molar-refractivity contribution in [1.29, 1.82) is 0 Å². The van der Waals surface area contributed by atoms with Crippen LogP contribution in [0.3, 0.4) is 0 Å². The van der Waals surface area contributed by atoms with Crippen LogP contribution in [0.25, 0.3) is 11.1 Å². The molecule has 1 aliphatic rings. The lowest BCUT2D eigenvalue weighted by Crippen LogP contribution is -2.07. The van der Waals surface area contributed by atoms with E-state index in [9.17, 15) is 18.3 Å². The minimum atomic E-state index is -1.09. The number of rotatable bonds is 4. The molecule has 2 aromatic carbocycles. The van der Waals surface area contributed by atoms with Crippen LogP contribution in [0.4, 0.5) is 13.2 Å². The summed E-state index contributed by atoms with van der Waals surface area (Å²) in [5, 5.41) is 10.1. The maximum Gasteiger partial charge on any atom is 0.168 e. The van der Waals surface area contributed by atoms with Gasteiger partial charge in [0.05, 0.1) is 6.10 Å². The molecule has 1 atom stereocenters. The minimum Gasteiger partial charge on any atom is -0.504 e. The molecule has 1 unspecified atom stereocenters. The van der Waals surface area contributed by atoms with Crippen LogP contribution >= 0.6 is 0 Å². The molecule has 0 spiro atoms. The Balaban J connectivity index is 1.88. The minimum absolute atomic E-state index is 0.0511. The average Bonchev–Trinajstić information content (AvgIpc) is 3.08. The molecule has 1 heterocycles. The van der Waals surface area contributed by atoms with Gasteiger partial charge in [-0.3, -0.25) is 0 Å². The molecule has 1 saturated heterocycles. The third kappa shape index (κ3) is 3.13. The van der Waals surface area contributed by atoms with E-state index in [0.29, 0.717) is 18.4 Å². The summed E-state index contributed by atoms with van der Waals surface area (Å²) >= 11 is 0. The molecule has 2 nitrogen and oxygen atoms in total. The molecule has 0 amide bonds. The lowest BCUT2D eigenvalue weighted by Gasteiger charge is -2.13. The molecule has 1 N–H and O–H groups in total. The molecule has 0 aliphatic carbocycles. The summed E-state index contributed by atoms with van der Waals surface area (Å²) < 4.78 is 47.7. The summed E-state index contributed by atoms with van der Waals surface area (Å²) in [4.78, 5) is 0. The first kappa shape index (κ1) is 16.8. The highest BCUT2D eigenvalue weighted by Gasteiger charge is 2.21. The number of phenolic OH excluding ortho intramolecular Hbond substituents is 1. The van der Waals surface area contributed by atoms with E-state index in [1.165, 1.54) is 31.2 Å². The molecule has 2 aromatic rings. The Labute approximate surface area is 138 Å². The summed E-state index contributed by atoms with van der Waals surface area (Å²) in [6.07, 6.45) is 3.18. The number of phenols is 1. The molecule has 0 bridgehead atoms. The van der Waals surface area contributed by atoms with Gasteiger partial charge < -0.3 is 9.84 Å². The van der Waals surface area contributed by atoms with Gasteiger partial charge in [-0.05, 0) is 43.7 Å². The Morgan fingerprint density at radius 3 is 2.50 bits per heavy atom. The van der Waals surface area contributed by atoms with E-state index < -0.39 is 23.2 Å². The van der Waals surface area contributed by atoms with Gasteiger partial charge in [-0.25, -0.2) is 13.2 Å². The summed E-state index contributed by atoms with van der Waals surface area (Å²) in [5.74, 6) is -3.51. The van der Waals surface area contributed by atoms with Crippen molar-refractivity contribution in [3.8, 4) is 16.9 Å². The Morgan fingerprint density at radius 2 is 1.79 bits per heavy atom. The number of aryl methyl sites for hydroxylation is 2. The van der Waals surface area contributed by atoms with Crippen LogP contribution in [-0.4, -0.2) is 17.8 Å². The van der Waals surface area contributed by atoms with Gasteiger partial charge in [0, 0.05) is 17.7 Å². The molecule has 128 valence electrons. The summed E-state index contributed by atoms with van der Waals surface area (Å²) in [7, 11) is 0. The normalized spacial score (nSPS) is 17.4. The van der Waals surface area contributed by atoms with Gasteiger partial charge in [0.1, 0.15) is 0 Å². The molecule has 0 aromatic heterocycles. The lowest BCUT2D eigenvalue weighted by atomic mass is 9.97. The van der Waals surface area contributed by atoms with Gasteiger partial charge in [0.2, 0.25) is 0 Å². The van der Waals surface area contributed by atoms with Crippen LogP contribution in [0.2, 0.25) is 0 Å². The van der Waals surface area contributed by atoms with E-state index >= 15 is 0 Å². The third-order valence-corrected chi connectivity index (χ3v) is 4.52. The molecule has 0 saturated carbocycles. The van der Waals surface area contributed by atoms with Crippen molar-refractivity contribution in [3.63, 3.8) is 0 Å². The van der Waals surface area contributed by atoms with Gasteiger partial charge in [0.25, 0.3) is 0 Å². The first-order valence-electron chi connectivity index (χ1n) is 8.06. The number of aromatic hydroxyl groups is 1. The molecule has 0 radical (unpaired) electrons. The number of ether oxygens (including phenoxy) is 1. The zero-order valence-corrected chi connectivity index (χ0v) is 13.4. The van der Waals surface area contributed by atoms with E-state index in [1.54, 1.807) is 0 Å². The van der Waals surface area contributed by atoms with Crippen LogP contribution in [0, 0.1) is 24.4 Å². The van der Waals surface area contributed by atoms with Gasteiger partial charge in [-0.2, -0.15) is 0 Å². The molecular weight excluding hydrogens is 317 g/mol. The second-order valence-electron chi connectivity index (χ2n) is 6.17. The zero-order chi connectivity index (χ0) is 17.3. The fraction of sp³-hybridized carbons (Fsp3) is 0.368. The van der Waals surface area contributed by atoms with Crippen molar-refractivity contribution in [2.45, 2.75) is 38.7 Å². The molecular formula is C19H19F3O2. The van der Waals surface area contributed by atoms with E-state index in [-0.39, 0.29) is 22.8 Å². The van der Waals surface area contributed by atoms with Crippen LogP contribution in [-0.2, 0) is 11.2 Å². The van der Waals surface area contributed by atoms with Crippen LogP contribution < -0.4 is 0 Å². The van der Waals surface area contributed by atoms with Gasteiger partial charge in [0.15, 0.2) is 23.2 Å². The Hall–Kier alpha value is -2.01. The maximum atomic E-state index is 14.4. The van der Waals surface area contributed by atoms with Gasteiger partial charge in [-0.15, -0.1) is 0 Å². The van der Waals surface area contributed by atoms with Crippen molar-refractivity contribution in [3.05, 3.63) is 52.8 Å². The predicted molar refractivity (Wildman–Crippen MR) is 85.4 cm³/mol. The molecule has 24 heavy (non-hydrogen) atoms. The van der Waals surface area contributed by atoms with E-state index in [4.69, 9.17) is 4.74 Å². The zero-order valence-electron chi connectivity index (χ0n) is 13.4. The number of hydrogen-bond donors (Lipinski definition) is 1. The quantitative estimate of drug-likeness (QED) is 0.861. The number of hydrogen-bond acceptors (Lipinski definition) is 2. The highest BCUT2D eigenvalue weighted by atomic mass is 19.2. The fourth-order valence-electron chi connectivity index (χ4n) is 3.06. The Morgan fingerprint density at radius 1 is 1.04 bits per heavy atom. The van der Waals surface area contributed by atoms with Crippen LogP contribution in [0.1, 0.15) is 30.4 Å². The molecule has 1 fully saturated rings. The standard InChI is InChI=1S/C19H19F3O2/c1-11-4-8-14(18(22)16(11)20)15-9-6-12(17(21)19(15)23)5-7-13-3-2-10-24-13/h4,6,8-9,13,23H,2-3,5,7,10H2,1H3. The fourth-order valence-corrected chi connectivity index (χ4v) is 3.06. The molecule has 3 rings (SSSR count). The van der Waals surface area contributed by atoms with Gasteiger partial charge >= 0.3 is 0 Å². The largest absolute Gasteiger partial charge is 0.504 e. The van der Waals surface area contributed by atoms with Crippen LogP contribution in [0.15, 0.2) is 24.3 Å². The van der Waals surface area contributed by atoms with Crippen molar-refractivity contribution in [2.24, 2.45) is 0 Å². The monoisotopic (exact) mass is 336 g/mol. The highest BCUT2D eigenvalue weighted by Crippen LogP contribution is 2.36. The SMILES string of the molecule is Cc1ccc(-c2ccc(CCC3CCCO3)c(F)c2O)c(F)c1F. The highest BCUT2D eigenvalue weighted by molar-refractivity contribution is 5.71. The molecule has 1 aliphatic heterocycles. The predicted octanol–water partition coefficient (Wildman–Crippen LogP) is 4.90. The van der Waals surface area contributed by atoms with Crippen molar-refractivity contribution in [2.75, 3.05) is 6.61 Å². The smallest absolute Gasteiger partial charge is 0.168 e. The second-order valence-corrected chi connectivity index (χ2v) is 6.17. The first-order valence-corrected chi connectivity index (χ1v) is 8.06.